The standard InChI is InChI=1S/C24H20ClF2N5O2/c1-2-23(7-8-23)32-14-30-20-10-15(9-19(21(20)32)16-11-28-13-29-12-16)22(33)31-17-3-5-18(6-4-17)34-24(25,26)27/h3-6,9-14H,2,7-8H2,1H3,(H,31,33). The maximum absolute atomic E-state index is 13.1. The quantitative estimate of drug-likeness (QED) is 0.335. The van der Waals surface area contributed by atoms with E-state index >= 15 is 0 Å². The molecule has 1 aliphatic carbocycles. The van der Waals surface area contributed by atoms with Crippen LogP contribution in [0.4, 0.5) is 14.5 Å². The van der Waals surface area contributed by atoms with Crippen molar-refractivity contribution in [3.63, 3.8) is 0 Å². The van der Waals surface area contributed by atoms with Crippen LogP contribution in [0, 0.1) is 0 Å². The molecule has 2 heterocycles. The van der Waals surface area contributed by atoms with Crippen molar-refractivity contribution in [3.8, 4) is 16.9 Å². The number of carbonyl (C=O) groups is 1. The number of ether oxygens (including phenoxy) is 1. The van der Waals surface area contributed by atoms with Gasteiger partial charge in [-0.05, 0) is 55.7 Å². The van der Waals surface area contributed by atoms with Crippen LogP contribution >= 0.6 is 11.6 Å². The second-order valence-electron chi connectivity index (χ2n) is 8.24. The third kappa shape index (κ3) is 4.31. The van der Waals surface area contributed by atoms with Crippen LogP contribution in [0.15, 0.2) is 61.4 Å². The molecule has 1 N–H and O–H groups in total. The molecule has 0 saturated heterocycles. The number of benzene rings is 2. The number of nitrogens with zero attached hydrogens (tertiary/aromatic N) is 4. The highest BCUT2D eigenvalue weighted by molar-refractivity contribution is 6.20. The van der Waals surface area contributed by atoms with Crippen molar-refractivity contribution in [2.45, 2.75) is 37.3 Å². The number of carbonyl (C=O) groups excluding carboxylic acids is 1. The van der Waals surface area contributed by atoms with E-state index in [9.17, 15) is 13.6 Å². The number of halogens is 3. The van der Waals surface area contributed by atoms with Gasteiger partial charge in [-0.3, -0.25) is 4.79 Å². The van der Waals surface area contributed by atoms with Crippen molar-refractivity contribution in [1.82, 2.24) is 19.5 Å². The first-order chi connectivity index (χ1) is 16.3. The minimum Gasteiger partial charge on any atom is -0.420 e. The smallest absolute Gasteiger partial charge is 0.420 e. The Kier molecular flexibility index (Phi) is 5.44. The minimum absolute atomic E-state index is 0.0482. The Hall–Kier alpha value is -3.59. The molecule has 34 heavy (non-hydrogen) atoms. The van der Waals surface area contributed by atoms with Gasteiger partial charge in [0.25, 0.3) is 5.91 Å². The predicted molar refractivity (Wildman–Crippen MR) is 124 cm³/mol. The van der Waals surface area contributed by atoms with Gasteiger partial charge >= 0.3 is 5.57 Å². The molecule has 174 valence electrons. The van der Waals surface area contributed by atoms with Crippen molar-refractivity contribution in [1.29, 1.82) is 0 Å². The third-order valence-electron chi connectivity index (χ3n) is 6.12. The summed E-state index contributed by atoms with van der Waals surface area (Å²) in [6.07, 6.45) is 9.85. The predicted octanol–water partition coefficient (Wildman–Crippen LogP) is 5.81. The largest absolute Gasteiger partial charge is 0.487 e. The molecule has 0 spiro atoms. The summed E-state index contributed by atoms with van der Waals surface area (Å²) in [4.78, 5) is 26.0. The number of nitrogens with one attached hydrogen (secondary N) is 1. The fourth-order valence-electron chi connectivity index (χ4n) is 4.15. The Morgan fingerprint density at radius 1 is 1.21 bits per heavy atom. The van der Waals surface area contributed by atoms with Gasteiger partial charge in [-0.15, -0.1) is 8.78 Å². The van der Waals surface area contributed by atoms with Crippen LogP contribution in [0.3, 0.4) is 0 Å². The lowest BCUT2D eigenvalue weighted by Crippen LogP contribution is -2.16. The molecular formula is C24H20ClF2N5O2. The van der Waals surface area contributed by atoms with E-state index in [4.69, 9.17) is 11.6 Å². The number of hydrogen-bond donors (Lipinski definition) is 1. The minimum atomic E-state index is -3.81. The van der Waals surface area contributed by atoms with Gasteiger partial charge in [-0.2, -0.15) is 0 Å². The summed E-state index contributed by atoms with van der Waals surface area (Å²) in [6, 6.07) is 9.03. The van der Waals surface area contributed by atoms with E-state index in [2.05, 4.69) is 36.5 Å². The SMILES string of the molecule is CCC1(n2cnc3cc(C(=O)Nc4ccc(OC(F)(F)Cl)cc4)cc(-c4cncnc4)c32)CC1. The summed E-state index contributed by atoms with van der Waals surface area (Å²) >= 11 is 4.79. The van der Waals surface area contributed by atoms with Crippen LogP contribution in [0.2, 0.25) is 0 Å². The number of anilines is 1. The molecule has 4 aromatic rings. The maximum atomic E-state index is 13.1. The van der Waals surface area contributed by atoms with E-state index in [0.717, 1.165) is 35.9 Å². The Morgan fingerprint density at radius 2 is 1.91 bits per heavy atom. The van der Waals surface area contributed by atoms with Gasteiger partial charge in [0, 0.05) is 51.9 Å². The Bertz CT molecular complexity index is 1350. The van der Waals surface area contributed by atoms with Gasteiger partial charge in [-0.25, -0.2) is 15.0 Å². The molecule has 0 unspecified atom stereocenters. The topological polar surface area (TPSA) is 81.9 Å². The molecule has 1 aliphatic rings. The summed E-state index contributed by atoms with van der Waals surface area (Å²) in [5, 5.41) is 2.77. The van der Waals surface area contributed by atoms with Crippen LogP contribution in [0.25, 0.3) is 22.2 Å². The zero-order valence-electron chi connectivity index (χ0n) is 18.1. The summed E-state index contributed by atoms with van der Waals surface area (Å²) in [6.45, 7) is 2.16. The lowest BCUT2D eigenvalue weighted by molar-refractivity contribution is -0.0964. The van der Waals surface area contributed by atoms with E-state index in [1.807, 2.05) is 6.33 Å². The van der Waals surface area contributed by atoms with E-state index in [1.54, 1.807) is 24.5 Å². The maximum Gasteiger partial charge on any atom is 0.487 e. The molecular weight excluding hydrogens is 464 g/mol. The molecule has 2 aromatic carbocycles. The summed E-state index contributed by atoms with van der Waals surface area (Å²) in [7, 11) is 0. The van der Waals surface area contributed by atoms with Crippen LogP contribution in [-0.2, 0) is 5.54 Å². The number of fused-ring (bicyclic) bond motifs is 1. The van der Waals surface area contributed by atoms with Crippen molar-refractivity contribution >= 4 is 34.2 Å². The van der Waals surface area contributed by atoms with E-state index in [0.29, 0.717) is 16.8 Å². The van der Waals surface area contributed by atoms with Gasteiger partial charge in [0.15, 0.2) is 0 Å². The first-order valence-corrected chi connectivity index (χ1v) is 11.1. The molecule has 7 nitrogen and oxygen atoms in total. The first-order valence-electron chi connectivity index (χ1n) is 10.7. The summed E-state index contributed by atoms with van der Waals surface area (Å²) < 4.78 is 32.1. The first kappa shape index (κ1) is 22.2. The Labute approximate surface area is 198 Å². The fourth-order valence-corrected chi connectivity index (χ4v) is 4.24. The van der Waals surface area contributed by atoms with Crippen LogP contribution < -0.4 is 10.1 Å². The highest BCUT2D eigenvalue weighted by Crippen LogP contribution is 2.49. The normalized spacial score (nSPS) is 14.7. The van der Waals surface area contributed by atoms with Crippen molar-refractivity contribution < 1.29 is 18.3 Å². The number of aromatic nitrogens is 4. The summed E-state index contributed by atoms with van der Waals surface area (Å²) in [5.74, 6) is -0.497. The third-order valence-corrected chi connectivity index (χ3v) is 6.20. The molecule has 1 saturated carbocycles. The number of amides is 1. The van der Waals surface area contributed by atoms with E-state index < -0.39 is 5.57 Å². The van der Waals surface area contributed by atoms with Gasteiger partial charge < -0.3 is 14.6 Å². The lowest BCUT2D eigenvalue weighted by Gasteiger charge is -2.18. The number of imidazole rings is 1. The molecule has 1 amide bonds. The molecule has 0 aliphatic heterocycles. The molecule has 5 rings (SSSR count). The second kappa shape index (κ2) is 8.32. The zero-order chi connectivity index (χ0) is 23.9. The second-order valence-corrected chi connectivity index (χ2v) is 8.68. The highest BCUT2D eigenvalue weighted by Gasteiger charge is 2.43. The number of rotatable bonds is 7. The Balaban J connectivity index is 1.50. The van der Waals surface area contributed by atoms with E-state index in [-0.39, 0.29) is 17.2 Å². The highest BCUT2D eigenvalue weighted by atomic mass is 35.5. The number of alkyl halides is 3. The fraction of sp³-hybridized carbons (Fsp3) is 0.250. The lowest BCUT2D eigenvalue weighted by atomic mass is 10.0. The van der Waals surface area contributed by atoms with Gasteiger partial charge in [0.05, 0.1) is 17.4 Å². The van der Waals surface area contributed by atoms with Crippen LogP contribution in [-0.4, -0.2) is 31.0 Å². The van der Waals surface area contributed by atoms with Gasteiger partial charge in [-0.1, -0.05) is 6.92 Å². The van der Waals surface area contributed by atoms with Gasteiger partial charge in [0.1, 0.15) is 12.1 Å². The average molecular weight is 484 g/mol. The molecule has 0 bridgehead atoms. The number of hydrogen-bond acceptors (Lipinski definition) is 5. The molecule has 1 fully saturated rings. The van der Waals surface area contributed by atoms with Gasteiger partial charge in [0.2, 0.25) is 0 Å². The van der Waals surface area contributed by atoms with Crippen molar-refractivity contribution in [2.75, 3.05) is 5.32 Å². The molecule has 0 radical (unpaired) electrons. The summed E-state index contributed by atoms with van der Waals surface area (Å²) in [5.41, 5.74) is 0.269. The van der Waals surface area contributed by atoms with E-state index in [1.165, 1.54) is 30.6 Å². The molecule has 0 atom stereocenters. The molecule has 2 aromatic heterocycles. The Morgan fingerprint density at radius 3 is 2.53 bits per heavy atom. The van der Waals surface area contributed by atoms with Crippen molar-refractivity contribution in [3.05, 3.63) is 67.0 Å². The monoisotopic (exact) mass is 483 g/mol. The van der Waals surface area contributed by atoms with Crippen molar-refractivity contribution in [2.24, 2.45) is 0 Å². The van der Waals surface area contributed by atoms with Crippen LogP contribution in [0.1, 0.15) is 36.5 Å². The average Bonchev–Trinajstić information content (AvgIpc) is 3.50. The van der Waals surface area contributed by atoms with Crippen LogP contribution in [0.5, 0.6) is 5.75 Å². The zero-order valence-corrected chi connectivity index (χ0v) is 18.9. The molecule has 10 heteroatoms.